The van der Waals surface area contributed by atoms with Crippen molar-refractivity contribution in [3.8, 4) is 11.5 Å². The zero-order valence-corrected chi connectivity index (χ0v) is 20.6. The van der Waals surface area contributed by atoms with Crippen LogP contribution in [-0.2, 0) is 5.41 Å². The number of anilines is 1. The number of methoxy groups -OCH3 is 2. The fourth-order valence-corrected chi connectivity index (χ4v) is 6.22. The van der Waals surface area contributed by atoms with Gasteiger partial charge in [-0.25, -0.2) is 9.18 Å². The Labute approximate surface area is 203 Å². The number of benzene rings is 2. The van der Waals surface area contributed by atoms with Crippen LogP contribution in [0.15, 0.2) is 36.4 Å². The van der Waals surface area contributed by atoms with E-state index in [-0.39, 0.29) is 16.5 Å². The molecular formula is C24H29ClFN3O3S. The number of urea groups is 1. The molecule has 0 radical (unpaired) electrons. The van der Waals surface area contributed by atoms with Crippen molar-refractivity contribution in [3.05, 3.63) is 52.8 Å². The highest BCUT2D eigenvalue weighted by atomic mass is 35.5. The predicted molar refractivity (Wildman–Crippen MR) is 131 cm³/mol. The Morgan fingerprint density at radius 2 is 1.97 bits per heavy atom. The Kier molecular flexibility index (Phi) is 7.26. The molecule has 3 atom stereocenters. The third-order valence-electron chi connectivity index (χ3n) is 6.93. The van der Waals surface area contributed by atoms with Gasteiger partial charge >= 0.3 is 6.03 Å². The monoisotopic (exact) mass is 493 g/mol. The van der Waals surface area contributed by atoms with E-state index >= 15 is 0 Å². The van der Waals surface area contributed by atoms with Gasteiger partial charge in [-0.2, -0.15) is 0 Å². The van der Waals surface area contributed by atoms with Gasteiger partial charge in [-0.05, 0) is 87.1 Å². The molecule has 2 aromatic carbocycles. The summed E-state index contributed by atoms with van der Waals surface area (Å²) in [6.07, 6.45) is 4.09. The number of hydrogen-bond donors (Lipinski definition) is 2. The lowest BCUT2D eigenvalue weighted by atomic mass is 9.66. The first-order valence-electron chi connectivity index (χ1n) is 11.0. The van der Waals surface area contributed by atoms with Crippen molar-refractivity contribution >= 4 is 35.3 Å². The maximum Gasteiger partial charge on any atom is 0.329 e. The van der Waals surface area contributed by atoms with Gasteiger partial charge in [0, 0.05) is 22.4 Å². The summed E-state index contributed by atoms with van der Waals surface area (Å²) in [5, 5.41) is 2.98. The van der Waals surface area contributed by atoms with Crippen LogP contribution in [-0.4, -0.2) is 50.0 Å². The number of carbonyl (C=O) groups excluding carboxylic acids is 1. The van der Waals surface area contributed by atoms with Gasteiger partial charge < -0.3 is 19.7 Å². The first-order chi connectivity index (χ1) is 15.9. The third kappa shape index (κ3) is 4.88. The number of amides is 2. The highest BCUT2D eigenvalue weighted by Crippen LogP contribution is 2.51. The van der Waals surface area contributed by atoms with Gasteiger partial charge in [-0.3, -0.25) is 4.72 Å². The first-order valence-corrected chi connectivity index (χ1v) is 12.2. The van der Waals surface area contributed by atoms with Gasteiger partial charge in [0.15, 0.2) is 11.5 Å². The molecule has 2 N–H and O–H groups in total. The second-order valence-electron chi connectivity index (χ2n) is 8.67. The summed E-state index contributed by atoms with van der Waals surface area (Å²) in [4.78, 5) is 14.8. The second-order valence-corrected chi connectivity index (χ2v) is 10.2. The number of nitrogens with zero attached hydrogens (tertiary/aromatic N) is 1. The normalized spacial score (nSPS) is 24.8. The second kappa shape index (κ2) is 9.99. The summed E-state index contributed by atoms with van der Waals surface area (Å²) in [6, 6.07) is 10.4. The Balaban J connectivity index is 1.41. The lowest BCUT2D eigenvalue weighted by Gasteiger charge is -2.44. The van der Waals surface area contributed by atoms with E-state index in [1.54, 1.807) is 14.2 Å². The van der Waals surface area contributed by atoms with Crippen molar-refractivity contribution < 1.29 is 18.7 Å². The van der Waals surface area contributed by atoms with Crippen LogP contribution < -0.4 is 19.5 Å². The van der Waals surface area contributed by atoms with Gasteiger partial charge in [0.25, 0.3) is 0 Å². The van der Waals surface area contributed by atoms with Crippen LogP contribution in [0.3, 0.4) is 0 Å². The van der Waals surface area contributed by atoms with Crippen LogP contribution in [0, 0.1) is 5.82 Å². The SMILES string of the molecule is COc1ccc(C23CCC(SNC(=O)Nc4ccc(F)c(Cl)c4)CC2N(C)CC3)cc1OC. The van der Waals surface area contributed by atoms with Gasteiger partial charge in [0.1, 0.15) is 5.82 Å². The smallest absolute Gasteiger partial charge is 0.329 e. The highest BCUT2D eigenvalue weighted by molar-refractivity contribution is 7.98. The van der Waals surface area contributed by atoms with E-state index in [0.29, 0.717) is 17.0 Å². The molecule has 0 bridgehead atoms. The van der Waals surface area contributed by atoms with Crippen molar-refractivity contribution in [2.75, 3.05) is 33.1 Å². The number of rotatable bonds is 6. The van der Waals surface area contributed by atoms with Crippen molar-refractivity contribution in [2.24, 2.45) is 0 Å². The van der Waals surface area contributed by atoms with E-state index in [1.807, 2.05) is 6.07 Å². The minimum atomic E-state index is -0.516. The molecule has 2 aliphatic rings. The maximum atomic E-state index is 13.3. The Hall–Kier alpha value is -2.16. The largest absolute Gasteiger partial charge is 0.493 e. The van der Waals surface area contributed by atoms with Gasteiger partial charge in [0.05, 0.1) is 19.2 Å². The number of likely N-dealkylation sites (tertiary alicyclic amines) is 1. The van der Waals surface area contributed by atoms with E-state index in [0.717, 1.165) is 43.7 Å². The molecule has 0 aromatic heterocycles. The van der Waals surface area contributed by atoms with Crippen LogP contribution >= 0.6 is 23.5 Å². The number of ether oxygens (including phenoxy) is 2. The molecule has 1 saturated heterocycles. The summed E-state index contributed by atoms with van der Waals surface area (Å²) in [5.41, 5.74) is 1.81. The Morgan fingerprint density at radius 3 is 2.70 bits per heavy atom. The van der Waals surface area contributed by atoms with Crippen LogP contribution in [0.2, 0.25) is 5.02 Å². The average molecular weight is 494 g/mol. The minimum Gasteiger partial charge on any atom is -0.493 e. The lowest BCUT2D eigenvalue weighted by molar-refractivity contribution is 0.185. The molecule has 2 amide bonds. The molecule has 33 heavy (non-hydrogen) atoms. The number of likely N-dealkylation sites (N-methyl/N-ethyl adjacent to an activating group) is 1. The number of fused-ring (bicyclic) bond motifs is 1. The quantitative estimate of drug-likeness (QED) is 0.523. The van der Waals surface area contributed by atoms with E-state index in [9.17, 15) is 9.18 Å². The number of halogens is 2. The molecule has 1 aliphatic heterocycles. The fraction of sp³-hybridized carbons (Fsp3) is 0.458. The Bertz CT molecular complexity index is 1030. The van der Waals surface area contributed by atoms with Gasteiger partial charge in [-0.1, -0.05) is 17.7 Å². The molecule has 9 heteroatoms. The molecule has 4 rings (SSSR count). The fourth-order valence-electron chi connectivity index (χ4n) is 5.20. The molecule has 1 heterocycles. The van der Waals surface area contributed by atoms with Crippen molar-refractivity contribution in [2.45, 2.75) is 42.4 Å². The zero-order chi connectivity index (χ0) is 23.6. The number of nitrogens with one attached hydrogen (secondary N) is 2. The maximum absolute atomic E-state index is 13.3. The molecule has 2 fully saturated rings. The average Bonchev–Trinajstić information content (AvgIpc) is 3.16. The molecule has 2 aromatic rings. The van der Waals surface area contributed by atoms with Gasteiger partial charge in [-0.15, -0.1) is 0 Å². The molecule has 1 aliphatic carbocycles. The van der Waals surface area contributed by atoms with Crippen molar-refractivity contribution in [3.63, 3.8) is 0 Å². The summed E-state index contributed by atoms with van der Waals surface area (Å²) < 4.78 is 27.2. The molecule has 0 spiro atoms. The van der Waals surface area contributed by atoms with Gasteiger partial charge in [0.2, 0.25) is 0 Å². The predicted octanol–water partition coefficient (Wildman–Crippen LogP) is 5.46. The van der Waals surface area contributed by atoms with E-state index in [2.05, 4.69) is 34.1 Å². The van der Waals surface area contributed by atoms with Crippen LogP contribution in [0.5, 0.6) is 11.5 Å². The topological polar surface area (TPSA) is 62.8 Å². The lowest BCUT2D eigenvalue weighted by Crippen LogP contribution is -2.47. The summed E-state index contributed by atoms with van der Waals surface area (Å²) in [6.45, 7) is 1.04. The Morgan fingerprint density at radius 1 is 1.18 bits per heavy atom. The van der Waals surface area contributed by atoms with E-state index in [4.69, 9.17) is 21.1 Å². The minimum absolute atomic E-state index is 0.0245. The summed E-state index contributed by atoms with van der Waals surface area (Å²) >= 11 is 7.24. The summed E-state index contributed by atoms with van der Waals surface area (Å²) in [5.74, 6) is 0.980. The zero-order valence-electron chi connectivity index (χ0n) is 19.0. The third-order valence-corrected chi connectivity index (χ3v) is 8.29. The molecule has 178 valence electrons. The highest BCUT2D eigenvalue weighted by Gasteiger charge is 2.50. The first kappa shape index (κ1) is 24.0. The van der Waals surface area contributed by atoms with Crippen molar-refractivity contribution in [1.29, 1.82) is 0 Å². The van der Waals surface area contributed by atoms with Crippen LogP contribution in [0.1, 0.15) is 31.2 Å². The molecule has 6 nitrogen and oxygen atoms in total. The van der Waals surface area contributed by atoms with E-state index in [1.165, 1.54) is 35.7 Å². The molecule has 3 unspecified atom stereocenters. The molecule has 1 saturated carbocycles. The summed E-state index contributed by atoms with van der Waals surface area (Å²) in [7, 11) is 5.50. The standard InChI is InChI=1S/C24H29ClFN3O3S/c1-29-11-10-24(15-4-7-20(31-2)21(12-15)32-3)9-8-17(14-22(24)29)33-28-23(30)27-16-5-6-19(26)18(25)13-16/h4-7,12-13,17,22H,8-11,14H2,1-3H3,(H2,27,28,30). The van der Waals surface area contributed by atoms with Crippen LogP contribution in [0.4, 0.5) is 14.9 Å². The number of hydrogen-bond acceptors (Lipinski definition) is 5. The van der Waals surface area contributed by atoms with E-state index < -0.39 is 5.82 Å². The van der Waals surface area contributed by atoms with Crippen molar-refractivity contribution in [1.82, 2.24) is 9.62 Å². The van der Waals surface area contributed by atoms with Crippen LogP contribution in [0.25, 0.3) is 0 Å². The number of carbonyl (C=O) groups is 1. The molecular weight excluding hydrogens is 465 g/mol.